The molecular weight excluding hydrogens is 328 g/mol. The number of ether oxygens (including phenoxy) is 1. The molecule has 0 radical (unpaired) electrons. The predicted molar refractivity (Wildman–Crippen MR) is 98.3 cm³/mol. The normalized spacial score (nSPS) is 21.7. The van der Waals surface area contributed by atoms with Gasteiger partial charge < -0.3 is 10.1 Å². The maximum Gasteiger partial charge on any atom is 0.307 e. The van der Waals surface area contributed by atoms with Crippen LogP contribution in [0.4, 0.5) is 0 Å². The number of hydrogen-bond acceptors (Lipinski definition) is 4. The lowest BCUT2D eigenvalue weighted by Crippen LogP contribution is -2.45. The Hall–Kier alpha value is -2.43. The Bertz CT molecular complexity index is 855. The first-order valence-corrected chi connectivity index (χ1v) is 9.42. The number of aromatic nitrogens is 1. The Kier molecular flexibility index (Phi) is 4.39. The summed E-state index contributed by atoms with van der Waals surface area (Å²) in [6.45, 7) is 2.48. The van der Waals surface area contributed by atoms with Crippen LogP contribution in [0.25, 0.3) is 10.9 Å². The molecule has 0 bridgehead atoms. The van der Waals surface area contributed by atoms with E-state index in [2.05, 4.69) is 10.3 Å². The summed E-state index contributed by atoms with van der Waals surface area (Å²) < 4.78 is 5.66. The van der Waals surface area contributed by atoms with Crippen LogP contribution in [0.3, 0.4) is 0 Å². The fourth-order valence-corrected chi connectivity index (χ4v) is 4.48. The second-order valence-corrected chi connectivity index (χ2v) is 7.51. The molecule has 1 aromatic heterocycles. The standard InChI is InChI=1S/C21H24N2O3/c1-14-7-8-18-15(6-5-11-22-18)16(14)13-23-20(25)17-12-19(24)26-21(17)9-3-2-4-10-21/h5-8,11,17H,2-4,9-10,12-13H2,1H3,(H,23,25)/t17-/m0/s1. The van der Waals surface area contributed by atoms with E-state index in [4.69, 9.17) is 4.74 Å². The average Bonchev–Trinajstić information content (AvgIpc) is 2.96. The van der Waals surface area contributed by atoms with Crippen LogP contribution in [-0.4, -0.2) is 22.5 Å². The monoisotopic (exact) mass is 352 g/mol. The van der Waals surface area contributed by atoms with Crippen molar-refractivity contribution in [1.82, 2.24) is 10.3 Å². The SMILES string of the molecule is Cc1ccc2ncccc2c1CNC(=O)[C@@H]1CC(=O)OC12CCCCC2. The summed E-state index contributed by atoms with van der Waals surface area (Å²) in [6.07, 6.45) is 6.75. The van der Waals surface area contributed by atoms with Crippen molar-refractivity contribution in [2.75, 3.05) is 0 Å². The Morgan fingerprint density at radius 2 is 2.08 bits per heavy atom. The first-order chi connectivity index (χ1) is 12.6. The largest absolute Gasteiger partial charge is 0.458 e. The van der Waals surface area contributed by atoms with Gasteiger partial charge in [-0.2, -0.15) is 0 Å². The topological polar surface area (TPSA) is 68.3 Å². The molecule has 5 heteroatoms. The third kappa shape index (κ3) is 2.96. The zero-order valence-electron chi connectivity index (χ0n) is 15.1. The van der Waals surface area contributed by atoms with E-state index in [1.54, 1.807) is 6.20 Å². The molecule has 1 amide bonds. The second-order valence-electron chi connectivity index (χ2n) is 7.51. The van der Waals surface area contributed by atoms with E-state index >= 15 is 0 Å². The van der Waals surface area contributed by atoms with Crippen molar-refractivity contribution >= 4 is 22.8 Å². The first kappa shape index (κ1) is 17.0. The van der Waals surface area contributed by atoms with Gasteiger partial charge in [-0.25, -0.2) is 0 Å². The number of amides is 1. The zero-order valence-corrected chi connectivity index (χ0v) is 15.1. The summed E-state index contributed by atoms with van der Waals surface area (Å²) in [6, 6.07) is 7.97. The van der Waals surface area contributed by atoms with Crippen molar-refractivity contribution in [2.24, 2.45) is 5.92 Å². The highest BCUT2D eigenvalue weighted by atomic mass is 16.6. The average molecular weight is 352 g/mol. The van der Waals surface area contributed by atoms with Crippen molar-refractivity contribution in [3.8, 4) is 0 Å². The van der Waals surface area contributed by atoms with Gasteiger partial charge in [0.2, 0.25) is 5.91 Å². The quantitative estimate of drug-likeness (QED) is 0.860. The van der Waals surface area contributed by atoms with E-state index in [0.717, 1.165) is 54.1 Å². The highest BCUT2D eigenvalue weighted by Crippen LogP contribution is 2.44. The number of carbonyl (C=O) groups is 2. The number of benzene rings is 1. The molecule has 1 N–H and O–H groups in total. The van der Waals surface area contributed by atoms with Gasteiger partial charge in [0.15, 0.2) is 0 Å². The van der Waals surface area contributed by atoms with E-state index in [9.17, 15) is 9.59 Å². The van der Waals surface area contributed by atoms with E-state index in [1.165, 1.54) is 0 Å². The number of carbonyl (C=O) groups excluding carboxylic acids is 2. The predicted octanol–water partition coefficient (Wildman–Crippen LogP) is 3.43. The van der Waals surface area contributed by atoms with Gasteiger partial charge in [0.25, 0.3) is 0 Å². The molecular formula is C21H24N2O3. The molecule has 1 aliphatic heterocycles. The molecule has 1 aliphatic carbocycles. The van der Waals surface area contributed by atoms with E-state index in [1.807, 2.05) is 31.2 Å². The molecule has 2 aromatic rings. The van der Waals surface area contributed by atoms with Gasteiger partial charge in [-0.05, 0) is 55.9 Å². The molecule has 2 fully saturated rings. The molecule has 2 heterocycles. The first-order valence-electron chi connectivity index (χ1n) is 9.42. The molecule has 2 aliphatic rings. The van der Waals surface area contributed by atoms with Crippen LogP contribution in [0.15, 0.2) is 30.5 Å². The number of nitrogens with zero attached hydrogens (tertiary/aromatic N) is 1. The van der Waals surface area contributed by atoms with Gasteiger partial charge in [-0.1, -0.05) is 18.6 Å². The van der Waals surface area contributed by atoms with Crippen molar-refractivity contribution in [1.29, 1.82) is 0 Å². The number of aryl methyl sites for hydroxylation is 1. The highest BCUT2D eigenvalue weighted by Gasteiger charge is 2.52. The molecule has 4 rings (SSSR count). The molecule has 5 nitrogen and oxygen atoms in total. The number of esters is 1. The lowest BCUT2D eigenvalue weighted by Gasteiger charge is -2.36. The van der Waals surface area contributed by atoms with Crippen molar-refractivity contribution in [3.63, 3.8) is 0 Å². The minimum Gasteiger partial charge on any atom is -0.458 e. The Morgan fingerprint density at radius 3 is 2.88 bits per heavy atom. The molecule has 0 unspecified atom stereocenters. The Balaban J connectivity index is 1.54. The molecule has 1 aromatic carbocycles. The fourth-order valence-electron chi connectivity index (χ4n) is 4.48. The molecule has 1 atom stereocenters. The van der Waals surface area contributed by atoms with Crippen LogP contribution in [0.5, 0.6) is 0 Å². The number of fused-ring (bicyclic) bond motifs is 1. The second kappa shape index (κ2) is 6.71. The maximum absolute atomic E-state index is 12.9. The highest BCUT2D eigenvalue weighted by molar-refractivity contribution is 5.89. The smallest absolute Gasteiger partial charge is 0.307 e. The summed E-state index contributed by atoms with van der Waals surface area (Å²) >= 11 is 0. The zero-order chi connectivity index (χ0) is 18.1. The lowest BCUT2D eigenvalue weighted by molar-refractivity contribution is -0.153. The van der Waals surface area contributed by atoms with E-state index in [-0.39, 0.29) is 24.2 Å². The van der Waals surface area contributed by atoms with Crippen LogP contribution >= 0.6 is 0 Å². The van der Waals surface area contributed by atoms with Gasteiger partial charge >= 0.3 is 5.97 Å². The van der Waals surface area contributed by atoms with Gasteiger partial charge in [0.05, 0.1) is 17.9 Å². The molecule has 1 saturated heterocycles. The number of nitrogens with one attached hydrogen (secondary N) is 1. The summed E-state index contributed by atoms with van der Waals surface area (Å²) in [5.74, 6) is -0.681. The minimum absolute atomic E-state index is 0.0713. The summed E-state index contributed by atoms with van der Waals surface area (Å²) in [5.41, 5.74) is 2.55. The number of pyridine rings is 1. The van der Waals surface area contributed by atoms with Gasteiger partial charge in [0, 0.05) is 18.1 Å². The van der Waals surface area contributed by atoms with E-state index < -0.39 is 5.60 Å². The molecule has 1 spiro atoms. The van der Waals surface area contributed by atoms with Crippen LogP contribution < -0.4 is 5.32 Å². The third-order valence-corrected chi connectivity index (χ3v) is 5.91. The molecule has 26 heavy (non-hydrogen) atoms. The minimum atomic E-state index is -0.575. The van der Waals surface area contributed by atoms with Crippen LogP contribution in [0, 0.1) is 12.8 Å². The van der Waals surface area contributed by atoms with Gasteiger partial charge in [-0.15, -0.1) is 0 Å². The third-order valence-electron chi connectivity index (χ3n) is 5.91. The van der Waals surface area contributed by atoms with Crippen molar-refractivity contribution < 1.29 is 14.3 Å². The van der Waals surface area contributed by atoms with Crippen molar-refractivity contribution in [2.45, 2.75) is 57.6 Å². The van der Waals surface area contributed by atoms with Crippen molar-refractivity contribution in [3.05, 3.63) is 41.6 Å². The fraction of sp³-hybridized carbons (Fsp3) is 0.476. The maximum atomic E-state index is 12.9. The summed E-state index contributed by atoms with van der Waals surface area (Å²) in [4.78, 5) is 29.2. The lowest BCUT2D eigenvalue weighted by atomic mass is 9.75. The van der Waals surface area contributed by atoms with Gasteiger partial charge in [0.1, 0.15) is 5.60 Å². The van der Waals surface area contributed by atoms with Crippen LogP contribution in [-0.2, 0) is 20.9 Å². The Labute approximate surface area is 153 Å². The van der Waals surface area contributed by atoms with Gasteiger partial charge in [-0.3, -0.25) is 14.6 Å². The van der Waals surface area contributed by atoms with Crippen LogP contribution in [0.2, 0.25) is 0 Å². The van der Waals surface area contributed by atoms with E-state index in [0.29, 0.717) is 6.54 Å². The number of rotatable bonds is 3. The summed E-state index contributed by atoms with van der Waals surface area (Å²) in [7, 11) is 0. The molecule has 136 valence electrons. The summed E-state index contributed by atoms with van der Waals surface area (Å²) in [5, 5.41) is 4.12. The Morgan fingerprint density at radius 1 is 1.27 bits per heavy atom. The molecule has 1 saturated carbocycles. The number of hydrogen-bond donors (Lipinski definition) is 1. The van der Waals surface area contributed by atoms with Crippen LogP contribution in [0.1, 0.15) is 49.7 Å².